The summed E-state index contributed by atoms with van der Waals surface area (Å²) in [4.78, 5) is 25.2. The normalized spacial score (nSPS) is 11.9. The first kappa shape index (κ1) is 19.3. The van der Waals surface area contributed by atoms with Crippen molar-refractivity contribution in [1.82, 2.24) is 15.5 Å². The first-order valence-corrected chi connectivity index (χ1v) is 8.99. The summed E-state index contributed by atoms with van der Waals surface area (Å²) in [6, 6.07) is 13.6. The third kappa shape index (κ3) is 4.62. The summed E-state index contributed by atoms with van der Waals surface area (Å²) in [5.74, 6) is -0.225. The lowest BCUT2D eigenvalue weighted by Gasteiger charge is -2.22. The first-order valence-electron chi connectivity index (χ1n) is 8.99. The molecule has 28 heavy (non-hydrogen) atoms. The molecule has 1 atom stereocenters. The number of benzene rings is 2. The molecule has 0 saturated carbocycles. The smallest absolute Gasteiger partial charge is 0.251 e. The van der Waals surface area contributed by atoms with Gasteiger partial charge in [0.15, 0.2) is 0 Å². The zero-order chi connectivity index (χ0) is 20.1. The first-order chi connectivity index (χ1) is 13.4. The molecule has 1 unspecified atom stereocenters. The minimum atomic E-state index is -0.663. The van der Waals surface area contributed by atoms with Gasteiger partial charge in [-0.15, -0.1) is 10.2 Å². The van der Waals surface area contributed by atoms with Crippen molar-refractivity contribution in [3.05, 3.63) is 66.1 Å². The van der Waals surface area contributed by atoms with Crippen molar-refractivity contribution in [2.45, 2.75) is 26.8 Å². The van der Waals surface area contributed by atoms with Crippen LogP contribution in [-0.4, -0.2) is 28.1 Å². The Balaban J connectivity index is 1.67. The molecule has 1 aromatic heterocycles. The van der Waals surface area contributed by atoms with E-state index in [0.29, 0.717) is 17.1 Å². The lowest BCUT2D eigenvalue weighted by atomic mass is 10.0. The van der Waals surface area contributed by atoms with Crippen LogP contribution in [0.5, 0.6) is 0 Å². The molecule has 1 heterocycles. The third-order valence-corrected chi connectivity index (χ3v) is 4.31. The molecule has 3 rings (SSSR count). The average molecular weight is 378 g/mol. The van der Waals surface area contributed by atoms with Crippen molar-refractivity contribution in [3.8, 4) is 11.5 Å². The Labute approximate surface area is 163 Å². The van der Waals surface area contributed by atoms with Gasteiger partial charge in [-0.2, -0.15) is 0 Å². The fraction of sp³-hybridized carbons (Fsp3) is 0.238. The third-order valence-electron chi connectivity index (χ3n) is 4.31. The van der Waals surface area contributed by atoms with Gasteiger partial charge in [0, 0.05) is 16.8 Å². The molecule has 0 aliphatic rings. The van der Waals surface area contributed by atoms with Gasteiger partial charge in [0.25, 0.3) is 5.91 Å². The van der Waals surface area contributed by atoms with E-state index in [1.165, 1.54) is 6.39 Å². The monoisotopic (exact) mass is 378 g/mol. The standard InChI is InChI=1S/C21H22N4O3/c1-13(2)18(24-19(26)15-6-4-14(3)5-7-15)20(27)23-17-10-8-16(9-11-17)21-25-22-12-28-21/h4-13,18H,1-3H3,(H,23,27)(H,24,26). The lowest BCUT2D eigenvalue weighted by molar-refractivity contribution is -0.118. The van der Waals surface area contributed by atoms with E-state index in [1.807, 2.05) is 32.9 Å². The van der Waals surface area contributed by atoms with Gasteiger partial charge in [-0.1, -0.05) is 31.5 Å². The van der Waals surface area contributed by atoms with Gasteiger partial charge in [-0.05, 0) is 49.2 Å². The Kier molecular flexibility index (Phi) is 5.84. The van der Waals surface area contributed by atoms with Crippen LogP contribution in [0.15, 0.2) is 59.3 Å². The number of carbonyl (C=O) groups excluding carboxylic acids is 2. The number of rotatable bonds is 6. The molecule has 0 bridgehead atoms. The largest absolute Gasteiger partial charge is 0.423 e. The number of aryl methyl sites for hydroxylation is 1. The maximum atomic E-state index is 12.7. The summed E-state index contributed by atoms with van der Waals surface area (Å²) in [5, 5.41) is 13.1. The summed E-state index contributed by atoms with van der Waals surface area (Å²) >= 11 is 0. The molecule has 144 valence electrons. The fourth-order valence-electron chi connectivity index (χ4n) is 2.68. The molecule has 0 saturated heterocycles. The second-order valence-corrected chi connectivity index (χ2v) is 6.87. The van der Waals surface area contributed by atoms with Crippen molar-refractivity contribution in [2.75, 3.05) is 5.32 Å². The van der Waals surface area contributed by atoms with Crippen LogP contribution in [0.3, 0.4) is 0 Å². The summed E-state index contributed by atoms with van der Waals surface area (Å²) in [5.41, 5.74) is 2.96. The molecule has 2 aromatic carbocycles. The molecule has 0 radical (unpaired) electrons. The average Bonchev–Trinajstić information content (AvgIpc) is 3.21. The fourth-order valence-corrected chi connectivity index (χ4v) is 2.68. The predicted octanol–water partition coefficient (Wildman–Crippen LogP) is 3.44. The predicted molar refractivity (Wildman–Crippen MR) is 106 cm³/mol. The van der Waals surface area contributed by atoms with Crippen molar-refractivity contribution < 1.29 is 14.0 Å². The summed E-state index contributed by atoms with van der Waals surface area (Å²) in [7, 11) is 0. The zero-order valence-electron chi connectivity index (χ0n) is 16.0. The van der Waals surface area contributed by atoms with Crippen LogP contribution in [0.4, 0.5) is 5.69 Å². The number of aromatic nitrogens is 2. The SMILES string of the molecule is Cc1ccc(C(=O)NC(C(=O)Nc2ccc(-c3nnco3)cc2)C(C)C)cc1. The zero-order valence-corrected chi connectivity index (χ0v) is 16.0. The lowest BCUT2D eigenvalue weighted by Crippen LogP contribution is -2.47. The Morgan fingerprint density at radius 1 is 1.00 bits per heavy atom. The summed E-state index contributed by atoms with van der Waals surface area (Å²) in [6.45, 7) is 5.73. The van der Waals surface area contributed by atoms with Crippen LogP contribution in [0.25, 0.3) is 11.5 Å². The van der Waals surface area contributed by atoms with Gasteiger partial charge < -0.3 is 15.1 Å². The van der Waals surface area contributed by atoms with Crippen LogP contribution < -0.4 is 10.6 Å². The van der Waals surface area contributed by atoms with E-state index >= 15 is 0 Å². The number of anilines is 1. The van der Waals surface area contributed by atoms with Crippen molar-refractivity contribution >= 4 is 17.5 Å². The molecule has 0 aliphatic carbocycles. The van der Waals surface area contributed by atoms with E-state index in [0.717, 1.165) is 11.1 Å². The van der Waals surface area contributed by atoms with Crippen molar-refractivity contribution in [1.29, 1.82) is 0 Å². The van der Waals surface area contributed by atoms with Crippen LogP contribution in [0.1, 0.15) is 29.8 Å². The quantitative estimate of drug-likeness (QED) is 0.685. The maximum Gasteiger partial charge on any atom is 0.251 e. The minimum Gasteiger partial charge on any atom is -0.423 e. The molecule has 0 fully saturated rings. The maximum absolute atomic E-state index is 12.7. The van der Waals surface area contributed by atoms with E-state index in [4.69, 9.17) is 4.42 Å². The van der Waals surface area contributed by atoms with E-state index in [9.17, 15) is 9.59 Å². The van der Waals surface area contributed by atoms with Crippen molar-refractivity contribution in [3.63, 3.8) is 0 Å². The van der Waals surface area contributed by atoms with E-state index in [-0.39, 0.29) is 17.7 Å². The molecule has 2 N–H and O–H groups in total. The Hall–Kier alpha value is -3.48. The molecule has 2 amide bonds. The highest BCUT2D eigenvalue weighted by Gasteiger charge is 2.24. The molecular weight excluding hydrogens is 356 g/mol. The van der Waals surface area contributed by atoms with Gasteiger partial charge in [0.2, 0.25) is 18.2 Å². The van der Waals surface area contributed by atoms with Gasteiger partial charge in [-0.3, -0.25) is 9.59 Å². The van der Waals surface area contributed by atoms with Crippen LogP contribution >= 0.6 is 0 Å². The van der Waals surface area contributed by atoms with E-state index < -0.39 is 6.04 Å². The minimum absolute atomic E-state index is 0.0768. The van der Waals surface area contributed by atoms with Gasteiger partial charge in [0.1, 0.15) is 6.04 Å². The Morgan fingerprint density at radius 2 is 1.68 bits per heavy atom. The van der Waals surface area contributed by atoms with Crippen LogP contribution in [0, 0.1) is 12.8 Å². The molecular formula is C21H22N4O3. The molecule has 7 heteroatoms. The van der Waals surface area contributed by atoms with Gasteiger partial charge >= 0.3 is 0 Å². The van der Waals surface area contributed by atoms with E-state index in [1.54, 1.807) is 36.4 Å². The number of hydrogen-bond acceptors (Lipinski definition) is 5. The second kappa shape index (κ2) is 8.47. The van der Waals surface area contributed by atoms with Crippen LogP contribution in [-0.2, 0) is 4.79 Å². The number of nitrogens with zero attached hydrogens (tertiary/aromatic N) is 2. The molecule has 0 spiro atoms. The van der Waals surface area contributed by atoms with E-state index in [2.05, 4.69) is 20.8 Å². The number of carbonyl (C=O) groups is 2. The number of amides is 2. The van der Waals surface area contributed by atoms with Gasteiger partial charge in [-0.25, -0.2) is 0 Å². The van der Waals surface area contributed by atoms with Gasteiger partial charge in [0.05, 0.1) is 0 Å². The number of hydrogen-bond donors (Lipinski definition) is 2. The second-order valence-electron chi connectivity index (χ2n) is 6.87. The van der Waals surface area contributed by atoms with Crippen molar-refractivity contribution in [2.24, 2.45) is 5.92 Å². The highest BCUT2D eigenvalue weighted by molar-refractivity contribution is 6.01. The van der Waals surface area contributed by atoms with Crippen LogP contribution in [0.2, 0.25) is 0 Å². The molecule has 3 aromatic rings. The summed E-state index contributed by atoms with van der Waals surface area (Å²) < 4.78 is 5.15. The Bertz CT molecular complexity index is 933. The topological polar surface area (TPSA) is 97.1 Å². The number of nitrogens with one attached hydrogen (secondary N) is 2. The Morgan fingerprint density at radius 3 is 2.25 bits per heavy atom. The molecule has 7 nitrogen and oxygen atoms in total. The molecule has 0 aliphatic heterocycles. The highest BCUT2D eigenvalue weighted by Crippen LogP contribution is 2.19. The summed E-state index contributed by atoms with van der Waals surface area (Å²) in [6.07, 6.45) is 1.26. The highest BCUT2D eigenvalue weighted by atomic mass is 16.4.